The van der Waals surface area contributed by atoms with Gasteiger partial charge >= 0.3 is 0 Å². The van der Waals surface area contributed by atoms with Crippen LogP contribution < -0.4 is 5.73 Å². The van der Waals surface area contributed by atoms with Gasteiger partial charge in [-0.3, -0.25) is 4.79 Å². The van der Waals surface area contributed by atoms with E-state index in [2.05, 4.69) is 0 Å². The Kier molecular flexibility index (Phi) is 3.03. The van der Waals surface area contributed by atoms with Crippen molar-refractivity contribution in [2.45, 2.75) is 6.04 Å². The zero-order valence-electron chi connectivity index (χ0n) is 7.90. The van der Waals surface area contributed by atoms with E-state index in [4.69, 9.17) is 5.73 Å². The monoisotopic (exact) mass is 178 g/mol. The third kappa shape index (κ3) is 2.29. The van der Waals surface area contributed by atoms with Gasteiger partial charge in [-0.15, -0.1) is 0 Å². The molecule has 0 saturated carbocycles. The lowest BCUT2D eigenvalue weighted by molar-refractivity contribution is -0.130. The van der Waals surface area contributed by atoms with Crippen LogP contribution in [0.3, 0.4) is 0 Å². The van der Waals surface area contributed by atoms with Gasteiger partial charge in [0.2, 0.25) is 5.91 Å². The second-order valence-corrected chi connectivity index (χ2v) is 3.12. The molecule has 0 aromatic heterocycles. The van der Waals surface area contributed by atoms with E-state index in [0.717, 1.165) is 5.56 Å². The molecule has 0 fully saturated rings. The van der Waals surface area contributed by atoms with Crippen LogP contribution in [-0.4, -0.2) is 24.9 Å². The van der Waals surface area contributed by atoms with Crippen molar-refractivity contribution >= 4 is 5.91 Å². The fraction of sp³-hybridized carbons (Fsp3) is 0.300. The normalized spacial score (nSPS) is 12.2. The highest BCUT2D eigenvalue weighted by molar-refractivity contribution is 5.82. The molecule has 3 heteroatoms. The van der Waals surface area contributed by atoms with Gasteiger partial charge in [-0.2, -0.15) is 0 Å². The van der Waals surface area contributed by atoms with Gasteiger partial charge in [0, 0.05) is 14.1 Å². The van der Waals surface area contributed by atoms with E-state index in [9.17, 15) is 4.79 Å². The van der Waals surface area contributed by atoms with E-state index >= 15 is 0 Å². The van der Waals surface area contributed by atoms with E-state index in [-0.39, 0.29) is 5.91 Å². The van der Waals surface area contributed by atoms with Crippen molar-refractivity contribution < 1.29 is 4.79 Å². The molecule has 1 amide bonds. The quantitative estimate of drug-likeness (QED) is 0.727. The Bertz CT molecular complexity index is 282. The van der Waals surface area contributed by atoms with Crippen LogP contribution in [-0.2, 0) is 4.79 Å². The van der Waals surface area contributed by atoms with Crippen LogP contribution >= 0.6 is 0 Å². The molecule has 0 saturated heterocycles. The molecule has 70 valence electrons. The summed E-state index contributed by atoms with van der Waals surface area (Å²) in [5.74, 6) is -0.0776. The third-order valence-electron chi connectivity index (χ3n) is 1.87. The lowest BCUT2D eigenvalue weighted by Crippen LogP contribution is -2.33. The minimum Gasteiger partial charge on any atom is -0.347 e. The summed E-state index contributed by atoms with van der Waals surface area (Å²) < 4.78 is 0. The van der Waals surface area contributed by atoms with Crippen molar-refractivity contribution in [1.82, 2.24) is 4.90 Å². The van der Waals surface area contributed by atoms with E-state index < -0.39 is 6.04 Å². The number of hydrogen-bond acceptors (Lipinski definition) is 2. The zero-order chi connectivity index (χ0) is 9.84. The fourth-order valence-electron chi connectivity index (χ4n) is 1.08. The molecular weight excluding hydrogens is 164 g/mol. The lowest BCUT2D eigenvalue weighted by Gasteiger charge is -2.16. The van der Waals surface area contributed by atoms with Crippen molar-refractivity contribution in [3.8, 4) is 0 Å². The van der Waals surface area contributed by atoms with Gasteiger partial charge in [-0.1, -0.05) is 30.3 Å². The minimum atomic E-state index is -0.545. The molecule has 0 aliphatic rings. The van der Waals surface area contributed by atoms with Crippen LogP contribution in [0, 0.1) is 0 Å². The van der Waals surface area contributed by atoms with Gasteiger partial charge in [0.05, 0.1) is 0 Å². The molecular formula is C10H14N2O. The number of carbonyl (C=O) groups is 1. The second-order valence-electron chi connectivity index (χ2n) is 3.12. The maximum Gasteiger partial charge on any atom is 0.243 e. The largest absolute Gasteiger partial charge is 0.347 e. The number of nitrogens with two attached hydrogens (primary N) is 1. The van der Waals surface area contributed by atoms with Crippen molar-refractivity contribution in [2.75, 3.05) is 14.1 Å². The molecule has 2 N–H and O–H groups in total. The Hall–Kier alpha value is -1.35. The number of hydrogen-bond donors (Lipinski definition) is 1. The van der Waals surface area contributed by atoms with Crippen LogP contribution in [0.5, 0.6) is 0 Å². The van der Waals surface area contributed by atoms with E-state index in [1.165, 1.54) is 4.90 Å². The van der Waals surface area contributed by atoms with Crippen molar-refractivity contribution in [3.63, 3.8) is 0 Å². The van der Waals surface area contributed by atoms with Gasteiger partial charge in [-0.25, -0.2) is 0 Å². The molecule has 1 aromatic carbocycles. The molecule has 0 radical (unpaired) electrons. The van der Waals surface area contributed by atoms with Crippen LogP contribution in [0.4, 0.5) is 0 Å². The Labute approximate surface area is 78.2 Å². The lowest BCUT2D eigenvalue weighted by atomic mass is 10.1. The summed E-state index contributed by atoms with van der Waals surface area (Å²) in [7, 11) is 3.40. The summed E-state index contributed by atoms with van der Waals surface area (Å²) in [5, 5.41) is 0. The summed E-state index contributed by atoms with van der Waals surface area (Å²) in [6.07, 6.45) is 0. The first-order valence-electron chi connectivity index (χ1n) is 4.14. The zero-order valence-corrected chi connectivity index (χ0v) is 7.90. The minimum absolute atomic E-state index is 0.0776. The average Bonchev–Trinajstić information content (AvgIpc) is 2.17. The topological polar surface area (TPSA) is 46.3 Å². The molecule has 1 rings (SSSR count). The summed E-state index contributed by atoms with van der Waals surface area (Å²) in [4.78, 5) is 12.9. The number of carbonyl (C=O) groups excluding carboxylic acids is 1. The van der Waals surface area contributed by atoms with Crippen LogP contribution in [0.2, 0.25) is 0 Å². The highest BCUT2D eigenvalue weighted by Gasteiger charge is 2.16. The van der Waals surface area contributed by atoms with E-state index in [0.29, 0.717) is 0 Å². The molecule has 0 bridgehead atoms. The highest BCUT2D eigenvalue weighted by Crippen LogP contribution is 2.10. The summed E-state index contributed by atoms with van der Waals surface area (Å²) in [5.41, 5.74) is 6.60. The van der Waals surface area contributed by atoms with E-state index in [1.807, 2.05) is 30.3 Å². The van der Waals surface area contributed by atoms with Gasteiger partial charge in [-0.05, 0) is 5.56 Å². The first-order chi connectivity index (χ1) is 6.13. The molecule has 0 spiro atoms. The van der Waals surface area contributed by atoms with Crippen LogP contribution in [0.15, 0.2) is 30.3 Å². The number of amides is 1. The molecule has 0 unspecified atom stereocenters. The van der Waals surface area contributed by atoms with Crippen LogP contribution in [0.1, 0.15) is 11.6 Å². The average molecular weight is 178 g/mol. The van der Waals surface area contributed by atoms with Gasteiger partial charge in [0.1, 0.15) is 6.04 Å². The highest BCUT2D eigenvalue weighted by atomic mass is 16.2. The van der Waals surface area contributed by atoms with Gasteiger partial charge in [0.15, 0.2) is 0 Å². The molecule has 0 aliphatic heterocycles. The smallest absolute Gasteiger partial charge is 0.243 e. The van der Waals surface area contributed by atoms with Crippen molar-refractivity contribution in [1.29, 1.82) is 0 Å². The Morgan fingerprint density at radius 3 is 2.31 bits per heavy atom. The Balaban J connectivity index is 2.80. The summed E-state index contributed by atoms with van der Waals surface area (Å²) in [6, 6.07) is 8.81. The first-order valence-corrected chi connectivity index (χ1v) is 4.14. The van der Waals surface area contributed by atoms with Crippen molar-refractivity contribution in [3.05, 3.63) is 35.9 Å². The Morgan fingerprint density at radius 2 is 1.85 bits per heavy atom. The van der Waals surface area contributed by atoms with Gasteiger partial charge in [0.25, 0.3) is 0 Å². The Morgan fingerprint density at radius 1 is 1.31 bits per heavy atom. The SMILES string of the molecule is CN(C)C(=O)[C@@H](N)c1ccccc1. The van der Waals surface area contributed by atoms with Crippen molar-refractivity contribution in [2.24, 2.45) is 5.73 Å². The van der Waals surface area contributed by atoms with Gasteiger partial charge < -0.3 is 10.6 Å². The number of benzene rings is 1. The number of likely N-dealkylation sites (N-methyl/N-ethyl adjacent to an activating group) is 1. The predicted octanol–water partition coefficient (Wildman–Crippen LogP) is 0.775. The fourth-order valence-corrected chi connectivity index (χ4v) is 1.08. The molecule has 1 atom stereocenters. The number of rotatable bonds is 2. The number of nitrogens with zero attached hydrogens (tertiary/aromatic N) is 1. The molecule has 0 aliphatic carbocycles. The molecule has 1 aromatic rings. The molecule has 13 heavy (non-hydrogen) atoms. The maximum absolute atomic E-state index is 11.4. The first kappa shape index (κ1) is 9.74. The van der Waals surface area contributed by atoms with Crippen LogP contribution in [0.25, 0.3) is 0 Å². The summed E-state index contributed by atoms with van der Waals surface area (Å²) in [6.45, 7) is 0. The summed E-state index contributed by atoms with van der Waals surface area (Å²) >= 11 is 0. The molecule has 3 nitrogen and oxygen atoms in total. The molecule has 0 heterocycles. The standard InChI is InChI=1S/C10H14N2O/c1-12(2)10(13)9(11)8-6-4-3-5-7-8/h3-7,9H,11H2,1-2H3/t9-/m0/s1. The predicted molar refractivity (Wildman–Crippen MR) is 52.1 cm³/mol. The maximum atomic E-state index is 11.4. The second kappa shape index (κ2) is 4.05. The third-order valence-corrected chi connectivity index (χ3v) is 1.87. The van der Waals surface area contributed by atoms with E-state index in [1.54, 1.807) is 14.1 Å².